The molecule has 0 fully saturated rings. The molecule has 3 nitrogen and oxygen atoms in total. The topological polar surface area (TPSA) is 41.6 Å². The van der Waals surface area contributed by atoms with E-state index >= 15 is 0 Å². The average molecular weight is 245 g/mol. The number of aromatic amines is 1. The van der Waals surface area contributed by atoms with Gasteiger partial charge in [-0.1, -0.05) is 13.3 Å². The first-order chi connectivity index (χ1) is 8.78. The molecule has 1 aliphatic carbocycles. The van der Waals surface area contributed by atoms with Gasteiger partial charge in [0.15, 0.2) is 0 Å². The minimum absolute atomic E-state index is 0.449. The monoisotopic (exact) mass is 245 g/mol. The summed E-state index contributed by atoms with van der Waals surface area (Å²) in [4.78, 5) is 3.70. The number of nitrogens with one attached hydrogen (secondary N) is 1. The molecule has 0 saturated carbocycles. The number of aromatic nitrogens is 3. The maximum Gasteiger partial charge on any atom is 0.212 e. The van der Waals surface area contributed by atoms with Crippen LogP contribution in [-0.4, -0.2) is 15.2 Å². The third kappa shape index (κ3) is 1.92. The molecule has 2 heterocycles. The van der Waals surface area contributed by atoms with E-state index in [0.717, 1.165) is 30.0 Å². The van der Waals surface area contributed by atoms with Crippen LogP contribution in [0.2, 0.25) is 0 Å². The maximum atomic E-state index is 12.8. The van der Waals surface area contributed by atoms with Crippen molar-refractivity contribution >= 4 is 0 Å². The number of nitrogens with zero attached hydrogens (tertiary/aromatic N) is 2. The molecule has 0 amide bonds. The first-order valence-corrected chi connectivity index (χ1v) is 6.46. The number of halogens is 1. The lowest BCUT2D eigenvalue weighted by Gasteiger charge is -2.20. The number of pyridine rings is 1. The van der Waals surface area contributed by atoms with Crippen molar-refractivity contribution in [3.63, 3.8) is 0 Å². The van der Waals surface area contributed by atoms with Crippen LogP contribution in [0.15, 0.2) is 18.3 Å². The summed E-state index contributed by atoms with van der Waals surface area (Å²) in [5.74, 6) is 0.289. The van der Waals surface area contributed by atoms with E-state index < -0.39 is 5.95 Å². The van der Waals surface area contributed by atoms with Crippen LogP contribution in [0.4, 0.5) is 4.39 Å². The van der Waals surface area contributed by atoms with Crippen LogP contribution < -0.4 is 0 Å². The second kappa shape index (κ2) is 4.52. The van der Waals surface area contributed by atoms with E-state index in [1.54, 1.807) is 12.3 Å². The molecule has 18 heavy (non-hydrogen) atoms. The zero-order valence-electron chi connectivity index (χ0n) is 10.4. The Morgan fingerprint density at radius 1 is 1.44 bits per heavy atom. The highest BCUT2D eigenvalue weighted by atomic mass is 19.1. The van der Waals surface area contributed by atoms with Crippen LogP contribution >= 0.6 is 0 Å². The molecule has 2 aromatic heterocycles. The van der Waals surface area contributed by atoms with Gasteiger partial charge in [0.05, 0.1) is 5.69 Å². The van der Waals surface area contributed by atoms with Crippen LogP contribution in [0.25, 0.3) is 11.3 Å². The van der Waals surface area contributed by atoms with E-state index in [0.29, 0.717) is 0 Å². The van der Waals surface area contributed by atoms with Gasteiger partial charge in [0.25, 0.3) is 0 Å². The lowest BCUT2D eigenvalue weighted by Crippen LogP contribution is -2.13. The molecule has 0 bridgehead atoms. The molecule has 0 spiro atoms. The number of hydrogen-bond acceptors (Lipinski definition) is 2. The Labute approximate surface area is 105 Å². The Kier molecular flexibility index (Phi) is 2.86. The number of rotatable bonds is 2. The number of aryl methyl sites for hydroxylation is 1. The first-order valence-electron chi connectivity index (χ1n) is 6.46. The Bertz CT molecular complexity index is 545. The Morgan fingerprint density at radius 3 is 3.06 bits per heavy atom. The van der Waals surface area contributed by atoms with Gasteiger partial charge >= 0.3 is 0 Å². The van der Waals surface area contributed by atoms with Crippen molar-refractivity contribution < 1.29 is 4.39 Å². The van der Waals surface area contributed by atoms with E-state index in [9.17, 15) is 4.39 Å². The quantitative estimate of drug-likeness (QED) is 0.826. The second-order valence-corrected chi connectivity index (χ2v) is 4.92. The highest BCUT2D eigenvalue weighted by molar-refractivity contribution is 5.63. The summed E-state index contributed by atoms with van der Waals surface area (Å²) < 4.78 is 12.8. The van der Waals surface area contributed by atoms with Crippen LogP contribution in [0.3, 0.4) is 0 Å². The molecular formula is C14H16FN3. The molecule has 1 aliphatic rings. The lowest BCUT2D eigenvalue weighted by atomic mass is 9.84. The van der Waals surface area contributed by atoms with Crippen molar-refractivity contribution in [2.24, 2.45) is 5.92 Å². The predicted molar refractivity (Wildman–Crippen MR) is 67.6 cm³/mol. The van der Waals surface area contributed by atoms with Gasteiger partial charge in [-0.25, -0.2) is 4.98 Å². The van der Waals surface area contributed by atoms with Gasteiger partial charge in [0, 0.05) is 23.0 Å². The van der Waals surface area contributed by atoms with Gasteiger partial charge in [0.2, 0.25) is 5.95 Å². The lowest BCUT2D eigenvalue weighted by molar-refractivity contribution is 0.443. The van der Waals surface area contributed by atoms with Gasteiger partial charge in [-0.3, -0.25) is 5.10 Å². The fraction of sp³-hybridized carbons (Fsp3) is 0.429. The van der Waals surface area contributed by atoms with Crippen molar-refractivity contribution in [2.75, 3.05) is 0 Å². The van der Waals surface area contributed by atoms with E-state index in [-0.39, 0.29) is 0 Å². The molecular weight excluding hydrogens is 229 g/mol. The van der Waals surface area contributed by atoms with E-state index in [2.05, 4.69) is 22.1 Å². The average Bonchev–Trinajstić information content (AvgIpc) is 2.82. The van der Waals surface area contributed by atoms with Gasteiger partial charge < -0.3 is 0 Å². The van der Waals surface area contributed by atoms with Crippen molar-refractivity contribution in [3.8, 4) is 11.3 Å². The zero-order chi connectivity index (χ0) is 12.5. The molecule has 4 heteroatoms. The third-order valence-electron chi connectivity index (χ3n) is 3.83. The van der Waals surface area contributed by atoms with Crippen molar-refractivity contribution in [3.05, 3.63) is 35.5 Å². The fourth-order valence-corrected chi connectivity index (χ4v) is 2.67. The summed E-state index contributed by atoms with van der Waals surface area (Å²) in [7, 11) is 0. The highest BCUT2D eigenvalue weighted by Gasteiger charge is 2.23. The number of fused-ring (bicyclic) bond motifs is 1. The zero-order valence-corrected chi connectivity index (χ0v) is 10.4. The normalized spacial score (nSPS) is 18.7. The minimum atomic E-state index is -0.449. The summed E-state index contributed by atoms with van der Waals surface area (Å²) in [6, 6.07) is 3.13. The van der Waals surface area contributed by atoms with E-state index in [1.807, 2.05) is 0 Å². The van der Waals surface area contributed by atoms with Gasteiger partial charge in [0.1, 0.15) is 0 Å². The predicted octanol–water partition coefficient (Wildman–Crippen LogP) is 3.13. The molecule has 0 radical (unpaired) electrons. The maximum absolute atomic E-state index is 12.8. The fourth-order valence-electron chi connectivity index (χ4n) is 2.67. The van der Waals surface area contributed by atoms with Crippen LogP contribution in [-0.2, 0) is 12.8 Å². The van der Waals surface area contributed by atoms with Gasteiger partial charge in [-0.15, -0.1) is 0 Å². The molecule has 1 unspecified atom stereocenters. The van der Waals surface area contributed by atoms with Crippen molar-refractivity contribution in [2.45, 2.75) is 32.6 Å². The SMILES string of the molecule is CCC1CCc2[nH]nc(-c3ccc(F)nc3)c2C1. The summed E-state index contributed by atoms with van der Waals surface area (Å²) in [5.41, 5.74) is 4.36. The molecule has 3 rings (SSSR count). The molecule has 1 atom stereocenters. The largest absolute Gasteiger partial charge is 0.282 e. The molecule has 2 aromatic rings. The van der Waals surface area contributed by atoms with Crippen LogP contribution in [0.5, 0.6) is 0 Å². The molecule has 1 N–H and O–H groups in total. The minimum Gasteiger partial charge on any atom is -0.282 e. The van der Waals surface area contributed by atoms with Crippen molar-refractivity contribution in [1.82, 2.24) is 15.2 Å². The number of hydrogen-bond donors (Lipinski definition) is 1. The molecule has 94 valence electrons. The smallest absolute Gasteiger partial charge is 0.212 e. The van der Waals surface area contributed by atoms with E-state index in [4.69, 9.17) is 0 Å². The standard InChI is InChI=1S/C14H16FN3/c1-2-9-3-5-12-11(7-9)14(18-17-12)10-4-6-13(15)16-8-10/h4,6,8-9H,2-3,5,7H2,1H3,(H,17,18). The van der Waals surface area contributed by atoms with Crippen molar-refractivity contribution in [1.29, 1.82) is 0 Å². The van der Waals surface area contributed by atoms with Crippen LogP contribution in [0, 0.1) is 11.9 Å². The Hall–Kier alpha value is -1.71. The summed E-state index contributed by atoms with van der Waals surface area (Å²) in [6.07, 6.45) is 6.12. The Morgan fingerprint density at radius 2 is 2.33 bits per heavy atom. The second-order valence-electron chi connectivity index (χ2n) is 4.92. The summed E-state index contributed by atoms with van der Waals surface area (Å²) in [6.45, 7) is 2.23. The molecule has 0 aromatic carbocycles. The third-order valence-corrected chi connectivity index (χ3v) is 3.83. The molecule has 0 aliphatic heterocycles. The highest BCUT2D eigenvalue weighted by Crippen LogP contribution is 2.32. The summed E-state index contributed by atoms with van der Waals surface area (Å²) >= 11 is 0. The van der Waals surface area contributed by atoms with Gasteiger partial charge in [-0.05, 0) is 37.3 Å². The number of H-pyrrole nitrogens is 1. The summed E-state index contributed by atoms with van der Waals surface area (Å²) in [5, 5.41) is 7.49. The van der Waals surface area contributed by atoms with E-state index in [1.165, 1.54) is 30.2 Å². The van der Waals surface area contributed by atoms with Crippen LogP contribution in [0.1, 0.15) is 31.0 Å². The molecule has 0 saturated heterocycles. The Balaban J connectivity index is 1.99. The first kappa shape index (κ1) is 11.4. The van der Waals surface area contributed by atoms with Gasteiger partial charge in [-0.2, -0.15) is 9.49 Å².